The van der Waals surface area contributed by atoms with Crippen LogP contribution in [-0.4, -0.2) is 25.7 Å². The van der Waals surface area contributed by atoms with E-state index in [2.05, 4.69) is 10.4 Å². The molecule has 0 atom stereocenters. The molecule has 1 aromatic heterocycles. The van der Waals surface area contributed by atoms with Gasteiger partial charge in [-0.15, -0.1) is 4.68 Å². The lowest BCUT2D eigenvalue weighted by atomic mass is 10.4. The molecule has 0 bridgehead atoms. The van der Waals surface area contributed by atoms with Gasteiger partial charge in [0.2, 0.25) is 0 Å². The van der Waals surface area contributed by atoms with Crippen molar-refractivity contribution < 1.29 is 4.79 Å². The number of carbonyl (C=O) groups excluding carboxylic acids is 1. The summed E-state index contributed by atoms with van der Waals surface area (Å²) in [6, 6.07) is 0. The van der Waals surface area contributed by atoms with E-state index in [1.54, 1.807) is 30.4 Å². The molecule has 0 aliphatic carbocycles. The maximum Gasteiger partial charge on any atom is 0.375 e. The van der Waals surface area contributed by atoms with E-state index in [0.29, 0.717) is 4.68 Å². The first-order chi connectivity index (χ1) is 8.70. The first kappa shape index (κ1) is 13.6. The topological polar surface area (TPSA) is 69.8 Å². The van der Waals surface area contributed by atoms with E-state index < -0.39 is 11.6 Å². The zero-order valence-electron chi connectivity index (χ0n) is 10.2. The summed E-state index contributed by atoms with van der Waals surface area (Å²) in [6.45, 7) is 3.67. The van der Waals surface area contributed by atoms with Crippen LogP contribution in [0.1, 0.15) is 18.6 Å². The molecule has 1 heterocycles. The molecule has 0 radical (unpaired) electrons. The molecule has 0 saturated carbocycles. The summed E-state index contributed by atoms with van der Waals surface area (Å²) in [4.78, 5) is 23.3. The van der Waals surface area contributed by atoms with Crippen molar-refractivity contribution in [2.75, 3.05) is 0 Å². The van der Waals surface area contributed by atoms with E-state index >= 15 is 0 Å². The molecule has 6 nitrogen and oxygen atoms in total. The average Bonchev–Trinajstić information content (AvgIpc) is 2.72. The highest BCUT2D eigenvalue weighted by Crippen LogP contribution is 1.84. The number of tetrazole rings is 1. The van der Waals surface area contributed by atoms with E-state index in [4.69, 9.17) is 0 Å². The Hall–Kier alpha value is -2.50. The second-order valence-corrected chi connectivity index (χ2v) is 3.21. The van der Waals surface area contributed by atoms with Crippen molar-refractivity contribution in [1.82, 2.24) is 19.8 Å². The van der Waals surface area contributed by atoms with Crippen molar-refractivity contribution in [3.63, 3.8) is 0 Å². The van der Waals surface area contributed by atoms with Crippen LogP contribution >= 0.6 is 0 Å². The van der Waals surface area contributed by atoms with Gasteiger partial charge in [0.1, 0.15) is 0 Å². The standard InChI is InChI=1S/C12H14N4O2/c1-3-5-7-9-11(17)16-12(18)15(13-14-16)10-8-6-4-2/h3-10H,1-2H3/b5-3+,6-4+,9-7+,10-8+. The summed E-state index contributed by atoms with van der Waals surface area (Å²) in [5, 5.41) is 7.05. The highest BCUT2D eigenvalue weighted by atomic mass is 16.2. The van der Waals surface area contributed by atoms with E-state index in [0.717, 1.165) is 4.68 Å². The van der Waals surface area contributed by atoms with Gasteiger partial charge >= 0.3 is 5.69 Å². The highest BCUT2D eigenvalue weighted by molar-refractivity contribution is 5.89. The number of carbonyl (C=O) groups is 1. The lowest BCUT2D eigenvalue weighted by molar-refractivity contribution is 0.0948. The summed E-state index contributed by atoms with van der Waals surface area (Å²) in [5.74, 6) is -0.538. The first-order valence-corrected chi connectivity index (χ1v) is 5.38. The Bertz CT molecular complexity index is 573. The molecule has 0 unspecified atom stereocenters. The van der Waals surface area contributed by atoms with Crippen molar-refractivity contribution >= 4 is 12.1 Å². The van der Waals surface area contributed by atoms with Gasteiger partial charge in [0.15, 0.2) is 0 Å². The van der Waals surface area contributed by atoms with Crippen LogP contribution in [0.3, 0.4) is 0 Å². The number of rotatable bonds is 4. The molecule has 94 valence electrons. The van der Waals surface area contributed by atoms with Gasteiger partial charge in [0.05, 0.1) is 0 Å². The molecule has 18 heavy (non-hydrogen) atoms. The van der Waals surface area contributed by atoms with Gasteiger partial charge in [-0.1, -0.05) is 30.4 Å². The van der Waals surface area contributed by atoms with E-state index in [9.17, 15) is 9.59 Å². The third-order valence-electron chi connectivity index (χ3n) is 1.88. The Morgan fingerprint density at radius 3 is 2.39 bits per heavy atom. The fourth-order valence-corrected chi connectivity index (χ4v) is 1.05. The summed E-state index contributed by atoms with van der Waals surface area (Å²) in [7, 11) is 0. The Kier molecular flexibility index (Phi) is 5.24. The highest BCUT2D eigenvalue weighted by Gasteiger charge is 2.09. The minimum atomic E-state index is -0.606. The summed E-state index contributed by atoms with van der Waals surface area (Å²) in [5.41, 5.74) is -0.606. The summed E-state index contributed by atoms with van der Waals surface area (Å²) in [6.07, 6.45) is 12.8. The number of hydrogen-bond acceptors (Lipinski definition) is 4. The van der Waals surface area contributed by atoms with Crippen LogP contribution in [-0.2, 0) is 0 Å². The number of hydrogen-bond donors (Lipinski definition) is 0. The second-order valence-electron chi connectivity index (χ2n) is 3.21. The lowest BCUT2D eigenvalue weighted by Crippen LogP contribution is -2.27. The molecule has 1 aromatic rings. The van der Waals surface area contributed by atoms with Crippen LogP contribution < -0.4 is 5.69 Å². The molecule has 6 heteroatoms. The predicted molar refractivity (Wildman–Crippen MR) is 69.0 cm³/mol. The summed E-state index contributed by atoms with van der Waals surface area (Å²) < 4.78 is 1.68. The van der Waals surface area contributed by atoms with Crippen LogP contribution in [0.15, 0.2) is 47.3 Å². The van der Waals surface area contributed by atoms with Gasteiger partial charge in [-0.05, 0) is 30.4 Å². The maximum atomic E-state index is 11.7. The van der Waals surface area contributed by atoms with E-state index in [-0.39, 0.29) is 0 Å². The van der Waals surface area contributed by atoms with E-state index in [1.807, 2.05) is 13.8 Å². The maximum absolute atomic E-state index is 11.7. The van der Waals surface area contributed by atoms with Crippen LogP contribution in [0.4, 0.5) is 0 Å². The zero-order valence-corrected chi connectivity index (χ0v) is 10.2. The molecule has 0 N–H and O–H groups in total. The third kappa shape index (κ3) is 3.51. The molecule has 0 amide bonds. The largest absolute Gasteiger partial charge is 0.375 e. The molecular weight excluding hydrogens is 232 g/mol. The fourth-order valence-electron chi connectivity index (χ4n) is 1.05. The minimum Gasteiger partial charge on any atom is -0.267 e. The van der Waals surface area contributed by atoms with Crippen molar-refractivity contribution in [2.24, 2.45) is 0 Å². The predicted octanol–water partition coefficient (Wildman–Crippen LogP) is 1.26. The smallest absolute Gasteiger partial charge is 0.267 e. The van der Waals surface area contributed by atoms with Gasteiger partial charge in [0, 0.05) is 12.3 Å². The molecule has 0 fully saturated rings. The van der Waals surface area contributed by atoms with Gasteiger partial charge in [-0.3, -0.25) is 4.79 Å². The monoisotopic (exact) mass is 246 g/mol. The van der Waals surface area contributed by atoms with Gasteiger partial charge in [-0.25, -0.2) is 4.79 Å². The Labute approximate surface area is 104 Å². The molecule has 0 aromatic carbocycles. The molecule has 0 aliphatic rings. The number of allylic oxidation sites excluding steroid dienone is 7. The Morgan fingerprint density at radius 2 is 1.72 bits per heavy atom. The summed E-state index contributed by atoms with van der Waals surface area (Å²) >= 11 is 0. The quantitative estimate of drug-likeness (QED) is 0.455. The Balaban J connectivity index is 2.93. The van der Waals surface area contributed by atoms with Crippen molar-refractivity contribution in [3.05, 3.63) is 53.0 Å². The fraction of sp³-hybridized carbons (Fsp3) is 0.167. The van der Waals surface area contributed by atoms with Crippen molar-refractivity contribution in [3.8, 4) is 0 Å². The third-order valence-corrected chi connectivity index (χ3v) is 1.88. The zero-order chi connectivity index (χ0) is 13.4. The molecule has 1 rings (SSSR count). The minimum absolute atomic E-state index is 0.538. The van der Waals surface area contributed by atoms with E-state index in [1.165, 1.54) is 18.4 Å². The SMILES string of the molecule is C/C=C/C=C/C(=O)n1nnn(/C=C/C=C/C)c1=O. The average molecular weight is 246 g/mol. The normalized spacial score (nSPS) is 12.6. The van der Waals surface area contributed by atoms with Crippen LogP contribution in [0, 0.1) is 0 Å². The van der Waals surface area contributed by atoms with Crippen molar-refractivity contribution in [1.29, 1.82) is 0 Å². The first-order valence-electron chi connectivity index (χ1n) is 5.38. The van der Waals surface area contributed by atoms with Gasteiger partial charge in [0.25, 0.3) is 5.91 Å². The molecule has 0 saturated heterocycles. The molecule has 0 aliphatic heterocycles. The van der Waals surface area contributed by atoms with Gasteiger partial charge in [-0.2, -0.15) is 4.68 Å². The van der Waals surface area contributed by atoms with Gasteiger partial charge < -0.3 is 0 Å². The second kappa shape index (κ2) is 6.95. The number of aromatic nitrogens is 4. The van der Waals surface area contributed by atoms with Crippen LogP contribution in [0.2, 0.25) is 0 Å². The van der Waals surface area contributed by atoms with Crippen molar-refractivity contribution in [2.45, 2.75) is 13.8 Å². The van der Waals surface area contributed by atoms with Crippen LogP contribution in [0.25, 0.3) is 6.20 Å². The lowest BCUT2D eigenvalue weighted by Gasteiger charge is -1.88. The molecular formula is C12H14N4O2. The Morgan fingerprint density at radius 1 is 1.06 bits per heavy atom. The molecule has 0 spiro atoms. The van der Waals surface area contributed by atoms with Crippen LogP contribution in [0.5, 0.6) is 0 Å². The number of nitrogens with zero attached hydrogens (tertiary/aromatic N) is 4.